The van der Waals surface area contributed by atoms with E-state index in [1.54, 1.807) is 0 Å². The molecule has 0 fully saturated rings. The highest BCUT2D eigenvalue weighted by Gasteiger charge is 2.31. The Morgan fingerprint density at radius 1 is 0.571 bits per heavy atom. The van der Waals surface area contributed by atoms with E-state index >= 15 is 0 Å². The average Bonchev–Trinajstić information content (AvgIpc) is 2.94. The van der Waals surface area contributed by atoms with Gasteiger partial charge in [0.2, 0.25) is 0 Å². The summed E-state index contributed by atoms with van der Waals surface area (Å²) < 4.78 is 0. The maximum atomic E-state index is 9.94. The third kappa shape index (κ3) is 11.0. The SMILES string of the molecule is CC1=C(/C=C/C(C)=C/C=C/C(C)=C/C=C/C=C(C)/C=C/C=C(C)/C=C/C2=C(C)CCC[C@]2(C)CO)[C@@](C)(CO)CCC1. The van der Waals surface area contributed by atoms with Gasteiger partial charge in [-0.3, -0.25) is 0 Å². The van der Waals surface area contributed by atoms with Crippen molar-refractivity contribution < 1.29 is 10.2 Å². The topological polar surface area (TPSA) is 40.5 Å². The lowest BCUT2D eigenvalue weighted by molar-refractivity contribution is 0.159. The number of aliphatic hydroxyl groups is 2. The van der Waals surface area contributed by atoms with Crippen LogP contribution in [0.3, 0.4) is 0 Å². The molecule has 0 aromatic rings. The lowest BCUT2D eigenvalue weighted by Gasteiger charge is -2.34. The second kappa shape index (κ2) is 17.2. The molecule has 0 aliphatic heterocycles. The van der Waals surface area contributed by atoms with Gasteiger partial charge in [0, 0.05) is 10.8 Å². The Labute approximate surface area is 257 Å². The number of rotatable bonds is 12. The molecule has 42 heavy (non-hydrogen) atoms. The number of allylic oxidation sites excluding steroid dienone is 20. The number of hydrogen-bond donors (Lipinski definition) is 2. The Morgan fingerprint density at radius 3 is 1.26 bits per heavy atom. The van der Waals surface area contributed by atoms with E-state index in [0.717, 1.165) is 38.5 Å². The van der Waals surface area contributed by atoms with E-state index in [1.807, 2.05) is 0 Å². The predicted molar refractivity (Wildman–Crippen MR) is 184 cm³/mol. The number of aliphatic hydroxyl groups excluding tert-OH is 2. The van der Waals surface area contributed by atoms with Crippen molar-refractivity contribution in [1.82, 2.24) is 0 Å². The van der Waals surface area contributed by atoms with Crippen molar-refractivity contribution in [3.05, 3.63) is 130 Å². The molecule has 0 amide bonds. The maximum absolute atomic E-state index is 9.94. The maximum Gasteiger partial charge on any atom is 0.0525 e. The fraction of sp³-hybridized carbons (Fsp3) is 0.450. The van der Waals surface area contributed by atoms with E-state index in [0.29, 0.717) is 0 Å². The summed E-state index contributed by atoms with van der Waals surface area (Å²) in [5, 5.41) is 19.9. The van der Waals surface area contributed by atoms with E-state index in [4.69, 9.17) is 0 Å². The molecule has 0 unspecified atom stereocenters. The van der Waals surface area contributed by atoms with Crippen molar-refractivity contribution in [2.75, 3.05) is 13.2 Å². The first-order valence-corrected chi connectivity index (χ1v) is 15.6. The van der Waals surface area contributed by atoms with Gasteiger partial charge in [0.15, 0.2) is 0 Å². The van der Waals surface area contributed by atoms with E-state index in [1.165, 1.54) is 44.6 Å². The summed E-state index contributed by atoms with van der Waals surface area (Å²) in [7, 11) is 0. The Balaban J connectivity index is 1.91. The molecule has 0 aromatic carbocycles. The Bertz CT molecular complexity index is 1170. The Hall–Kier alpha value is -2.94. The molecule has 0 spiro atoms. The molecule has 0 heterocycles. The molecule has 2 heteroatoms. The highest BCUT2D eigenvalue weighted by Crippen LogP contribution is 2.42. The van der Waals surface area contributed by atoms with Gasteiger partial charge in [-0.25, -0.2) is 0 Å². The average molecular weight is 569 g/mol. The Kier molecular flexibility index (Phi) is 14.5. The van der Waals surface area contributed by atoms with Crippen LogP contribution in [0.2, 0.25) is 0 Å². The second-order valence-corrected chi connectivity index (χ2v) is 12.9. The molecule has 0 radical (unpaired) electrons. The van der Waals surface area contributed by atoms with Crippen LogP contribution in [0.1, 0.15) is 93.9 Å². The van der Waals surface area contributed by atoms with Crippen molar-refractivity contribution in [1.29, 1.82) is 0 Å². The normalized spacial score (nSPS) is 26.0. The minimum absolute atomic E-state index is 0.119. The van der Waals surface area contributed by atoms with Gasteiger partial charge in [-0.15, -0.1) is 0 Å². The van der Waals surface area contributed by atoms with Gasteiger partial charge in [-0.05, 0) is 91.2 Å². The number of hydrogen-bond acceptors (Lipinski definition) is 2. The summed E-state index contributed by atoms with van der Waals surface area (Å²) in [5.74, 6) is 0. The Morgan fingerprint density at radius 2 is 0.905 bits per heavy atom. The van der Waals surface area contributed by atoms with Crippen LogP contribution in [0, 0.1) is 10.8 Å². The van der Waals surface area contributed by atoms with Crippen LogP contribution in [0.5, 0.6) is 0 Å². The van der Waals surface area contributed by atoms with Crippen LogP contribution < -0.4 is 0 Å². The van der Waals surface area contributed by atoms with Gasteiger partial charge in [-0.2, -0.15) is 0 Å². The molecular formula is C40H56O2. The molecule has 0 bridgehead atoms. The highest BCUT2D eigenvalue weighted by molar-refractivity contribution is 5.39. The summed E-state index contributed by atoms with van der Waals surface area (Å²) in [6.07, 6.45) is 36.5. The highest BCUT2D eigenvalue weighted by atomic mass is 16.3. The summed E-state index contributed by atoms with van der Waals surface area (Å²) >= 11 is 0. The smallest absolute Gasteiger partial charge is 0.0525 e. The zero-order chi connectivity index (χ0) is 31.2. The molecule has 0 aromatic heterocycles. The molecule has 2 nitrogen and oxygen atoms in total. The van der Waals surface area contributed by atoms with Crippen molar-refractivity contribution >= 4 is 0 Å². The molecule has 2 N–H and O–H groups in total. The molecule has 0 saturated carbocycles. The van der Waals surface area contributed by atoms with E-state index in [-0.39, 0.29) is 24.0 Å². The van der Waals surface area contributed by atoms with Crippen LogP contribution in [-0.2, 0) is 0 Å². The van der Waals surface area contributed by atoms with E-state index in [2.05, 4.69) is 140 Å². The molecule has 228 valence electrons. The van der Waals surface area contributed by atoms with Gasteiger partial charge >= 0.3 is 0 Å². The molecular weight excluding hydrogens is 512 g/mol. The van der Waals surface area contributed by atoms with Crippen molar-refractivity contribution in [2.45, 2.75) is 93.9 Å². The second-order valence-electron chi connectivity index (χ2n) is 12.9. The first-order chi connectivity index (χ1) is 19.9. The molecule has 2 aliphatic rings. The lowest BCUT2D eigenvalue weighted by Crippen LogP contribution is -2.27. The summed E-state index contributed by atoms with van der Waals surface area (Å²) in [6.45, 7) is 17.6. The fourth-order valence-corrected chi connectivity index (χ4v) is 5.84. The first kappa shape index (κ1) is 35.3. The molecule has 2 rings (SSSR count). The quantitative estimate of drug-likeness (QED) is 0.230. The minimum atomic E-state index is -0.119. The summed E-state index contributed by atoms with van der Waals surface area (Å²) in [6, 6.07) is 0. The zero-order valence-electron chi connectivity index (χ0n) is 27.6. The van der Waals surface area contributed by atoms with Gasteiger partial charge in [0.1, 0.15) is 0 Å². The molecule has 2 atom stereocenters. The standard InChI is InChI=1S/C40H56O2/c1-31(17-11-19-33(3)23-25-37-35(5)21-13-27-39(37,7)29-41)15-9-10-16-32(2)18-12-20-34(4)24-26-38-36(6)22-14-28-40(38,8)30-42/h9-12,15-20,23-26,41-42H,13-14,21-22,27-30H2,1-8H3/b10-9+,17-11+,18-12+,25-23+,26-24+,31-15+,32-16+,33-19+,34-20+/t39-,40-/m1/s1. The van der Waals surface area contributed by atoms with Gasteiger partial charge in [0.25, 0.3) is 0 Å². The van der Waals surface area contributed by atoms with Crippen molar-refractivity contribution in [3.63, 3.8) is 0 Å². The van der Waals surface area contributed by atoms with Crippen molar-refractivity contribution in [3.8, 4) is 0 Å². The summed E-state index contributed by atoms with van der Waals surface area (Å²) in [4.78, 5) is 0. The van der Waals surface area contributed by atoms with Crippen LogP contribution in [-0.4, -0.2) is 23.4 Å². The molecule has 0 saturated heterocycles. The van der Waals surface area contributed by atoms with Gasteiger partial charge < -0.3 is 10.2 Å². The third-order valence-corrected chi connectivity index (χ3v) is 8.77. The fourth-order valence-electron chi connectivity index (χ4n) is 5.84. The largest absolute Gasteiger partial charge is 0.395 e. The van der Waals surface area contributed by atoms with Crippen molar-refractivity contribution in [2.24, 2.45) is 10.8 Å². The van der Waals surface area contributed by atoms with Crippen LogP contribution >= 0.6 is 0 Å². The lowest BCUT2D eigenvalue weighted by atomic mass is 9.71. The van der Waals surface area contributed by atoms with Crippen LogP contribution in [0.15, 0.2) is 130 Å². The minimum Gasteiger partial charge on any atom is -0.395 e. The monoisotopic (exact) mass is 568 g/mol. The first-order valence-electron chi connectivity index (χ1n) is 15.6. The van der Waals surface area contributed by atoms with Crippen LogP contribution in [0.25, 0.3) is 0 Å². The zero-order valence-corrected chi connectivity index (χ0v) is 27.6. The van der Waals surface area contributed by atoms with Crippen LogP contribution in [0.4, 0.5) is 0 Å². The van der Waals surface area contributed by atoms with Gasteiger partial charge in [0.05, 0.1) is 13.2 Å². The third-order valence-electron chi connectivity index (χ3n) is 8.77. The predicted octanol–water partition coefficient (Wildman–Crippen LogP) is 10.6. The summed E-state index contributed by atoms with van der Waals surface area (Å²) in [5.41, 5.74) is 9.90. The molecule has 2 aliphatic carbocycles. The van der Waals surface area contributed by atoms with E-state index in [9.17, 15) is 10.2 Å². The van der Waals surface area contributed by atoms with E-state index < -0.39 is 0 Å². The van der Waals surface area contributed by atoms with Gasteiger partial charge in [-0.1, -0.05) is 132 Å².